The Morgan fingerprint density at radius 3 is 2.03 bits per heavy atom. The number of carbonyl (C=O) groups is 2. The fourth-order valence-corrected chi connectivity index (χ4v) is 4.13. The van der Waals surface area contributed by atoms with Crippen molar-refractivity contribution in [1.82, 2.24) is 4.90 Å². The summed E-state index contributed by atoms with van der Waals surface area (Å²) in [5.74, 6) is 0.396. The number of nitrogens with zero attached hydrogens (tertiary/aromatic N) is 2. The van der Waals surface area contributed by atoms with E-state index in [1.54, 1.807) is 29.0 Å². The topological polar surface area (TPSA) is 84.7 Å². The van der Waals surface area contributed by atoms with E-state index >= 15 is 0 Å². The van der Waals surface area contributed by atoms with Gasteiger partial charge in [-0.2, -0.15) is 0 Å². The fourth-order valence-electron chi connectivity index (χ4n) is 4.13. The zero-order valence-electron chi connectivity index (χ0n) is 21.4. The lowest BCUT2D eigenvalue weighted by molar-refractivity contribution is -0.116. The summed E-state index contributed by atoms with van der Waals surface area (Å²) in [4.78, 5) is 28.4. The maximum absolute atomic E-state index is 13.4. The van der Waals surface area contributed by atoms with E-state index in [-0.39, 0.29) is 51.8 Å². The van der Waals surface area contributed by atoms with Gasteiger partial charge < -0.3 is 14.9 Å². The van der Waals surface area contributed by atoms with Crippen LogP contribution in [0.15, 0.2) is 30.3 Å². The van der Waals surface area contributed by atoms with E-state index in [9.17, 15) is 14.7 Å². The van der Waals surface area contributed by atoms with Crippen molar-refractivity contribution in [2.45, 2.75) is 65.8 Å². The van der Waals surface area contributed by atoms with Gasteiger partial charge in [0.25, 0.3) is 0 Å². The first-order chi connectivity index (χ1) is 15.1. The van der Waals surface area contributed by atoms with E-state index in [1.165, 1.54) is 6.92 Å². The van der Waals surface area contributed by atoms with Crippen LogP contribution < -0.4 is 4.90 Å². The highest BCUT2D eigenvalue weighted by Crippen LogP contribution is 2.40. The second-order valence-electron chi connectivity index (χ2n) is 11.0. The Balaban J connectivity index is 0.00000408. The third kappa shape index (κ3) is 5.35. The summed E-state index contributed by atoms with van der Waals surface area (Å²) in [6, 6.07) is 9.16. The number of hydrogen-bond donors (Lipinski definition) is 2. The van der Waals surface area contributed by atoms with E-state index in [0.717, 1.165) is 27.9 Å². The van der Waals surface area contributed by atoms with E-state index in [0.29, 0.717) is 17.9 Å². The predicted octanol–water partition coefficient (Wildman–Crippen LogP) is 5.57. The Kier molecular flexibility index (Phi) is 7.73. The fraction of sp³-hybridized carbons (Fsp3) is 0.444. The van der Waals surface area contributed by atoms with Gasteiger partial charge in [0.05, 0.1) is 6.54 Å². The van der Waals surface area contributed by atoms with E-state index in [4.69, 9.17) is 5.41 Å². The SMILES string of the molecule is Br.CC(=O)N(C)c1ccc2c(c1)CN(CC(=O)c1cc(C(C)(C)C)c(O)c(C(C)(C)C)c1)C2=N. The predicted molar refractivity (Wildman–Crippen MR) is 143 cm³/mol. The van der Waals surface area contributed by atoms with Crippen LogP contribution in [0.2, 0.25) is 0 Å². The summed E-state index contributed by atoms with van der Waals surface area (Å²) < 4.78 is 0. The summed E-state index contributed by atoms with van der Waals surface area (Å²) in [7, 11) is 1.72. The number of hydrogen-bond acceptors (Lipinski definition) is 4. The molecule has 1 aliphatic heterocycles. The first-order valence-electron chi connectivity index (χ1n) is 11.2. The molecule has 2 aromatic carbocycles. The Morgan fingerprint density at radius 1 is 1.03 bits per heavy atom. The second kappa shape index (κ2) is 9.53. The molecule has 0 atom stereocenters. The Morgan fingerprint density at radius 2 is 1.56 bits per heavy atom. The van der Waals surface area contributed by atoms with E-state index in [2.05, 4.69) is 0 Å². The average molecular weight is 531 g/mol. The molecule has 0 bridgehead atoms. The first-order valence-corrected chi connectivity index (χ1v) is 11.2. The molecular weight excluding hydrogens is 494 g/mol. The van der Waals surface area contributed by atoms with Crippen LogP contribution in [0.5, 0.6) is 5.75 Å². The summed E-state index contributed by atoms with van der Waals surface area (Å²) in [6.45, 7) is 14.1. The van der Waals surface area contributed by atoms with Gasteiger partial charge in [0, 0.05) is 48.5 Å². The van der Waals surface area contributed by atoms with E-state index in [1.807, 2.05) is 59.7 Å². The number of phenolic OH excluding ortho intramolecular Hbond substituents is 1. The van der Waals surface area contributed by atoms with Crippen molar-refractivity contribution in [3.63, 3.8) is 0 Å². The highest BCUT2D eigenvalue weighted by molar-refractivity contribution is 8.93. The van der Waals surface area contributed by atoms with Crippen LogP contribution in [0.25, 0.3) is 0 Å². The molecule has 1 amide bonds. The lowest BCUT2D eigenvalue weighted by atomic mass is 9.78. The number of phenols is 1. The molecule has 0 spiro atoms. The third-order valence-electron chi connectivity index (χ3n) is 6.26. The van der Waals surface area contributed by atoms with Crippen molar-refractivity contribution in [3.05, 3.63) is 58.1 Å². The number of carbonyl (C=O) groups excluding carboxylic acids is 2. The smallest absolute Gasteiger partial charge is 0.223 e. The third-order valence-corrected chi connectivity index (χ3v) is 6.26. The van der Waals surface area contributed by atoms with Crippen LogP contribution in [0.3, 0.4) is 0 Å². The van der Waals surface area contributed by atoms with Crippen molar-refractivity contribution in [2.75, 3.05) is 18.5 Å². The van der Waals surface area contributed by atoms with Crippen molar-refractivity contribution in [3.8, 4) is 5.75 Å². The molecule has 184 valence electrons. The Labute approximate surface area is 213 Å². The van der Waals surface area contributed by atoms with Crippen LogP contribution in [0, 0.1) is 5.41 Å². The molecule has 2 N–H and O–H groups in total. The monoisotopic (exact) mass is 529 g/mol. The van der Waals surface area contributed by atoms with Crippen molar-refractivity contribution >= 4 is 40.2 Å². The number of anilines is 1. The molecule has 0 saturated carbocycles. The number of amides is 1. The van der Waals surface area contributed by atoms with Crippen molar-refractivity contribution < 1.29 is 14.7 Å². The molecule has 0 aromatic heterocycles. The number of ketones is 1. The van der Waals surface area contributed by atoms with E-state index < -0.39 is 0 Å². The summed E-state index contributed by atoms with van der Waals surface area (Å²) in [5.41, 5.74) is 3.86. The molecule has 7 heteroatoms. The lowest BCUT2D eigenvalue weighted by Gasteiger charge is -2.28. The van der Waals surface area contributed by atoms with Gasteiger partial charge in [-0.15, -0.1) is 17.0 Å². The van der Waals surface area contributed by atoms with Crippen LogP contribution >= 0.6 is 17.0 Å². The van der Waals surface area contributed by atoms with Gasteiger partial charge in [-0.3, -0.25) is 15.0 Å². The molecule has 2 aromatic rings. The van der Waals surface area contributed by atoms with Gasteiger partial charge in [-0.05, 0) is 46.7 Å². The number of halogens is 1. The standard InChI is InChI=1S/C27H35N3O3.BrH/c1-16(31)29(8)19-9-10-20-18(11-19)14-30(25(20)28)15-23(32)17-12-21(26(2,3)4)24(33)22(13-17)27(5,6)7;/h9-13,28,33H,14-15H2,1-8H3;1H. The first kappa shape index (κ1) is 27.6. The highest BCUT2D eigenvalue weighted by Gasteiger charge is 2.30. The Hall–Kier alpha value is -2.67. The van der Waals surface area contributed by atoms with Crippen molar-refractivity contribution in [2.24, 2.45) is 0 Å². The van der Waals surface area contributed by atoms with Crippen LogP contribution in [-0.2, 0) is 22.2 Å². The molecule has 0 unspecified atom stereocenters. The molecule has 1 aliphatic rings. The molecule has 34 heavy (non-hydrogen) atoms. The summed E-state index contributed by atoms with van der Waals surface area (Å²) >= 11 is 0. The quantitative estimate of drug-likeness (QED) is 0.506. The number of Topliss-reactive ketones (excluding diaryl/α,β-unsaturated/α-hetero) is 1. The number of amidine groups is 1. The van der Waals surface area contributed by atoms with Gasteiger partial charge in [0.1, 0.15) is 11.6 Å². The zero-order chi connectivity index (χ0) is 24.9. The molecule has 0 saturated heterocycles. The number of fused-ring (bicyclic) bond motifs is 1. The Bertz CT molecular complexity index is 1110. The summed E-state index contributed by atoms with van der Waals surface area (Å²) in [5, 5.41) is 19.5. The molecule has 6 nitrogen and oxygen atoms in total. The van der Waals surface area contributed by atoms with Gasteiger partial charge >= 0.3 is 0 Å². The normalized spacial score (nSPS) is 13.4. The molecule has 0 aliphatic carbocycles. The minimum Gasteiger partial charge on any atom is -0.507 e. The van der Waals surface area contributed by atoms with Crippen LogP contribution in [-0.4, -0.2) is 41.1 Å². The van der Waals surface area contributed by atoms with Gasteiger partial charge in [-0.1, -0.05) is 41.5 Å². The lowest BCUT2D eigenvalue weighted by Crippen LogP contribution is -2.30. The molecule has 1 heterocycles. The maximum atomic E-state index is 13.4. The van der Waals surface area contributed by atoms with Crippen LogP contribution in [0.4, 0.5) is 5.69 Å². The second-order valence-corrected chi connectivity index (χ2v) is 11.0. The number of aromatic hydroxyl groups is 1. The largest absolute Gasteiger partial charge is 0.507 e. The van der Waals surface area contributed by atoms with Gasteiger partial charge in [0.2, 0.25) is 5.91 Å². The maximum Gasteiger partial charge on any atom is 0.223 e. The number of rotatable bonds is 4. The molecule has 0 fully saturated rings. The number of benzene rings is 2. The van der Waals surface area contributed by atoms with Gasteiger partial charge in [-0.25, -0.2) is 0 Å². The molecule has 3 rings (SSSR count). The van der Waals surface area contributed by atoms with Crippen molar-refractivity contribution in [1.29, 1.82) is 5.41 Å². The zero-order valence-corrected chi connectivity index (χ0v) is 23.1. The molecule has 0 radical (unpaired) electrons. The highest BCUT2D eigenvalue weighted by atomic mass is 79.9. The van der Waals surface area contributed by atoms with Gasteiger partial charge in [0.15, 0.2) is 5.78 Å². The minimum atomic E-state index is -0.323. The average Bonchev–Trinajstić information content (AvgIpc) is 3.00. The molecular formula is C27H36BrN3O3. The summed E-state index contributed by atoms with van der Waals surface area (Å²) in [6.07, 6.45) is 0. The number of nitrogens with one attached hydrogen (secondary N) is 1. The van der Waals surface area contributed by atoms with Crippen LogP contribution in [0.1, 0.15) is 81.1 Å². The minimum absolute atomic E-state index is 0.